The average molecular weight is 483 g/mol. The molecule has 0 bridgehead atoms. The van der Waals surface area contributed by atoms with E-state index in [2.05, 4.69) is 31.9 Å². The largest absolute Gasteiger partial charge is 0.496 e. The Bertz CT molecular complexity index is 1100. The molecule has 3 N–H and O–H groups in total. The summed E-state index contributed by atoms with van der Waals surface area (Å²) in [5, 5.41) is 9.31. The maximum Gasteiger partial charge on any atom is 0.320 e. The minimum atomic E-state index is -0.356. The van der Waals surface area contributed by atoms with Gasteiger partial charge in [-0.1, -0.05) is 24.3 Å². The first-order valence-electron chi connectivity index (χ1n) is 10.3. The lowest BCUT2D eigenvalue weighted by Crippen LogP contribution is -2.50. The number of carbonyl (C=O) groups is 2. The summed E-state index contributed by atoms with van der Waals surface area (Å²) in [4.78, 5) is 27.5. The van der Waals surface area contributed by atoms with E-state index < -0.39 is 0 Å². The lowest BCUT2D eigenvalue weighted by Gasteiger charge is -2.39. The molecular formula is C23H23BrN4O3. The van der Waals surface area contributed by atoms with Crippen LogP contribution in [-0.2, 0) is 4.79 Å². The van der Waals surface area contributed by atoms with Crippen molar-refractivity contribution in [1.29, 1.82) is 0 Å². The Labute approximate surface area is 189 Å². The number of carbonyl (C=O) groups excluding carboxylic acids is 2. The number of hydrogen-bond donors (Lipinski definition) is 3. The quantitative estimate of drug-likeness (QED) is 0.610. The molecule has 160 valence electrons. The highest BCUT2D eigenvalue weighted by molar-refractivity contribution is 9.10. The summed E-state index contributed by atoms with van der Waals surface area (Å²) in [6.07, 6.45) is 2.26. The van der Waals surface area contributed by atoms with E-state index in [-0.39, 0.29) is 18.0 Å². The zero-order chi connectivity index (χ0) is 21.5. The van der Waals surface area contributed by atoms with Gasteiger partial charge in [0, 0.05) is 17.2 Å². The SMILES string of the molecule is COc1ccc(C2NC(=O)NC3=C2CN(C(=O)CNC2CC2)c2ccccc23)cc1Br. The summed E-state index contributed by atoms with van der Waals surface area (Å²) in [6, 6.07) is 13.3. The van der Waals surface area contributed by atoms with Crippen LogP contribution in [0.4, 0.5) is 10.5 Å². The monoisotopic (exact) mass is 482 g/mol. The molecule has 0 aromatic heterocycles. The maximum absolute atomic E-state index is 13.1. The predicted molar refractivity (Wildman–Crippen MR) is 122 cm³/mol. The van der Waals surface area contributed by atoms with Crippen molar-refractivity contribution in [2.75, 3.05) is 25.1 Å². The van der Waals surface area contributed by atoms with Crippen molar-refractivity contribution in [3.8, 4) is 5.75 Å². The van der Waals surface area contributed by atoms with Gasteiger partial charge in [0.15, 0.2) is 0 Å². The Morgan fingerprint density at radius 2 is 2.06 bits per heavy atom. The normalized spacial score (nSPS) is 19.9. The zero-order valence-corrected chi connectivity index (χ0v) is 18.7. The van der Waals surface area contributed by atoms with Crippen LogP contribution in [0.2, 0.25) is 0 Å². The molecule has 1 fully saturated rings. The van der Waals surface area contributed by atoms with Gasteiger partial charge in [-0.3, -0.25) is 4.79 Å². The summed E-state index contributed by atoms with van der Waals surface area (Å²) >= 11 is 3.54. The second kappa shape index (κ2) is 8.01. The number of rotatable bonds is 5. The molecule has 2 aromatic carbocycles. The van der Waals surface area contributed by atoms with Crippen LogP contribution in [0.3, 0.4) is 0 Å². The lowest BCUT2D eigenvalue weighted by molar-refractivity contribution is -0.117. The van der Waals surface area contributed by atoms with Crippen molar-refractivity contribution in [3.63, 3.8) is 0 Å². The Hall–Kier alpha value is -2.84. The molecule has 2 heterocycles. The number of nitrogens with one attached hydrogen (secondary N) is 3. The topological polar surface area (TPSA) is 82.7 Å². The molecule has 5 rings (SSSR count). The number of urea groups is 1. The number of para-hydroxylation sites is 1. The third-order valence-corrected chi connectivity index (χ3v) is 6.53. The van der Waals surface area contributed by atoms with Crippen LogP contribution in [0.5, 0.6) is 5.75 Å². The number of ether oxygens (including phenoxy) is 1. The van der Waals surface area contributed by atoms with Gasteiger partial charge in [0.05, 0.1) is 42.1 Å². The first kappa shape index (κ1) is 20.1. The summed E-state index contributed by atoms with van der Waals surface area (Å²) in [7, 11) is 1.62. The van der Waals surface area contributed by atoms with Gasteiger partial charge < -0.3 is 25.6 Å². The molecule has 31 heavy (non-hydrogen) atoms. The van der Waals surface area contributed by atoms with Crippen LogP contribution < -0.4 is 25.6 Å². The number of halogens is 1. The fourth-order valence-corrected chi connectivity index (χ4v) is 4.72. The molecule has 3 aliphatic rings. The van der Waals surface area contributed by atoms with Gasteiger partial charge in [-0.2, -0.15) is 0 Å². The van der Waals surface area contributed by atoms with Crippen LogP contribution in [0.15, 0.2) is 52.5 Å². The molecule has 0 saturated heterocycles. The third-order valence-electron chi connectivity index (χ3n) is 5.91. The lowest BCUT2D eigenvalue weighted by atomic mass is 9.88. The number of hydrogen-bond acceptors (Lipinski definition) is 4. The van der Waals surface area contributed by atoms with Crippen molar-refractivity contribution in [1.82, 2.24) is 16.0 Å². The zero-order valence-electron chi connectivity index (χ0n) is 17.1. The van der Waals surface area contributed by atoms with Crippen molar-refractivity contribution in [2.24, 2.45) is 0 Å². The van der Waals surface area contributed by atoms with E-state index in [1.165, 1.54) is 0 Å². The number of nitrogens with zero attached hydrogens (tertiary/aromatic N) is 1. The number of benzene rings is 2. The molecule has 1 aliphatic carbocycles. The van der Waals surface area contributed by atoms with Gasteiger partial charge in [0.2, 0.25) is 5.91 Å². The van der Waals surface area contributed by atoms with E-state index in [1.807, 2.05) is 47.4 Å². The Morgan fingerprint density at radius 3 is 2.81 bits per heavy atom. The molecule has 2 aromatic rings. The highest BCUT2D eigenvalue weighted by Crippen LogP contribution is 2.41. The first-order chi connectivity index (χ1) is 15.0. The van der Waals surface area contributed by atoms with E-state index in [0.717, 1.165) is 51.1 Å². The fraction of sp³-hybridized carbons (Fsp3) is 0.304. The fourth-order valence-electron chi connectivity index (χ4n) is 4.16. The molecule has 1 unspecified atom stereocenters. The summed E-state index contributed by atoms with van der Waals surface area (Å²) in [5.41, 5.74) is 4.32. The van der Waals surface area contributed by atoms with Gasteiger partial charge in [-0.25, -0.2) is 4.79 Å². The molecule has 0 radical (unpaired) electrons. The first-order valence-corrected chi connectivity index (χ1v) is 11.1. The molecule has 7 nitrogen and oxygen atoms in total. The Morgan fingerprint density at radius 1 is 1.26 bits per heavy atom. The van der Waals surface area contributed by atoms with E-state index in [9.17, 15) is 9.59 Å². The molecule has 3 amide bonds. The molecule has 8 heteroatoms. The maximum atomic E-state index is 13.1. The number of amides is 3. The van der Waals surface area contributed by atoms with Gasteiger partial charge in [0.1, 0.15) is 5.75 Å². The number of methoxy groups -OCH3 is 1. The van der Waals surface area contributed by atoms with Crippen molar-refractivity contribution in [3.05, 3.63) is 63.6 Å². The van der Waals surface area contributed by atoms with Crippen LogP contribution in [0.25, 0.3) is 5.70 Å². The molecule has 1 atom stereocenters. The van der Waals surface area contributed by atoms with Crippen LogP contribution >= 0.6 is 15.9 Å². The summed E-state index contributed by atoms with van der Waals surface area (Å²) in [6.45, 7) is 0.708. The van der Waals surface area contributed by atoms with Gasteiger partial charge in [0.25, 0.3) is 0 Å². The van der Waals surface area contributed by atoms with Crippen LogP contribution in [0.1, 0.15) is 30.0 Å². The molecule has 0 spiro atoms. The number of anilines is 1. The smallest absolute Gasteiger partial charge is 0.320 e. The summed E-state index contributed by atoms with van der Waals surface area (Å²) < 4.78 is 6.15. The molecule has 1 saturated carbocycles. The second-order valence-electron chi connectivity index (χ2n) is 7.98. The third kappa shape index (κ3) is 3.81. The van der Waals surface area contributed by atoms with Crippen molar-refractivity contribution < 1.29 is 14.3 Å². The summed E-state index contributed by atoms with van der Waals surface area (Å²) in [5.74, 6) is 0.743. The second-order valence-corrected chi connectivity index (χ2v) is 8.83. The highest BCUT2D eigenvalue weighted by Gasteiger charge is 2.37. The van der Waals surface area contributed by atoms with E-state index in [0.29, 0.717) is 19.1 Å². The van der Waals surface area contributed by atoms with E-state index in [4.69, 9.17) is 4.74 Å². The molecular weight excluding hydrogens is 460 g/mol. The Balaban J connectivity index is 1.55. The standard InChI is InChI=1S/C23H23BrN4O3/c1-31-19-9-6-13(10-17(19)24)21-16-12-28(20(29)11-25-14-7-8-14)18-5-3-2-4-15(18)22(16)27-23(30)26-21/h2-6,9-10,14,21,25H,7-8,11-12H2,1H3,(H2,26,27,30). The minimum Gasteiger partial charge on any atom is -0.496 e. The Kier molecular flexibility index (Phi) is 5.19. The average Bonchev–Trinajstić information content (AvgIpc) is 3.61. The van der Waals surface area contributed by atoms with E-state index in [1.54, 1.807) is 7.11 Å². The van der Waals surface area contributed by atoms with Crippen molar-refractivity contribution >= 4 is 39.3 Å². The molecule has 2 aliphatic heterocycles. The van der Waals surface area contributed by atoms with Gasteiger partial charge >= 0.3 is 6.03 Å². The highest BCUT2D eigenvalue weighted by atomic mass is 79.9. The predicted octanol–water partition coefficient (Wildman–Crippen LogP) is 3.32. The van der Waals surface area contributed by atoms with Crippen LogP contribution in [0, 0.1) is 0 Å². The number of fused-ring (bicyclic) bond motifs is 2. The van der Waals surface area contributed by atoms with Gasteiger partial charge in [-0.05, 0) is 52.5 Å². The van der Waals surface area contributed by atoms with Crippen LogP contribution in [-0.4, -0.2) is 38.2 Å². The van der Waals surface area contributed by atoms with Crippen molar-refractivity contribution in [2.45, 2.75) is 24.9 Å². The minimum absolute atomic E-state index is 0.0254. The van der Waals surface area contributed by atoms with E-state index >= 15 is 0 Å². The van der Waals surface area contributed by atoms with Gasteiger partial charge in [-0.15, -0.1) is 0 Å².